The van der Waals surface area contributed by atoms with E-state index in [1.165, 1.54) is 0 Å². The summed E-state index contributed by atoms with van der Waals surface area (Å²) >= 11 is 0. The van der Waals surface area contributed by atoms with Crippen molar-refractivity contribution in [2.45, 2.75) is 12.5 Å². The lowest BCUT2D eigenvalue weighted by atomic mass is 10.0. The van der Waals surface area contributed by atoms with Gasteiger partial charge in [-0.25, -0.2) is 4.79 Å². The third kappa shape index (κ3) is 2.79. The van der Waals surface area contributed by atoms with Crippen molar-refractivity contribution < 1.29 is 9.59 Å². The molecule has 1 heterocycles. The zero-order chi connectivity index (χ0) is 14.7. The lowest BCUT2D eigenvalue weighted by molar-refractivity contribution is -0.119. The van der Waals surface area contributed by atoms with Crippen LogP contribution in [0, 0.1) is 6.07 Å². The number of nitrogens with one attached hydrogen (secondary N) is 1. The minimum atomic E-state index is -0.491. The van der Waals surface area contributed by atoms with Crippen LogP contribution in [0.4, 0.5) is 10.5 Å². The summed E-state index contributed by atoms with van der Waals surface area (Å²) in [6.45, 7) is 0.442. The number of para-hydroxylation sites is 1. The van der Waals surface area contributed by atoms with Crippen LogP contribution in [0.2, 0.25) is 0 Å². The summed E-state index contributed by atoms with van der Waals surface area (Å²) in [6.07, 6.45) is 0.394. The number of carbonyl (C=O) groups excluding carboxylic acids is 2. The van der Waals surface area contributed by atoms with Crippen LogP contribution in [0.5, 0.6) is 0 Å². The molecule has 0 aliphatic carbocycles. The first-order valence-corrected chi connectivity index (χ1v) is 6.88. The lowest BCUT2D eigenvalue weighted by Gasteiger charge is -2.24. The molecular weight excluding hydrogens is 264 g/mol. The first-order valence-electron chi connectivity index (χ1n) is 6.88. The van der Waals surface area contributed by atoms with E-state index in [1.54, 1.807) is 17.0 Å². The molecule has 1 saturated heterocycles. The Balaban J connectivity index is 1.80. The Labute approximate surface area is 123 Å². The number of nitrogens with zero attached hydrogens (tertiary/aromatic N) is 1. The van der Waals surface area contributed by atoms with Gasteiger partial charge in [0.05, 0.1) is 5.69 Å². The van der Waals surface area contributed by atoms with Crippen molar-refractivity contribution >= 4 is 17.5 Å². The van der Waals surface area contributed by atoms with Crippen LogP contribution in [0.3, 0.4) is 0 Å². The third-order valence-corrected chi connectivity index (χ3v) is 3.54. The molecule has 0 spiro atoms. The fourth-order valence-electron chi connectivity index (χ4n) is 2.55. The second-order valence-electron chi connectivity index (χ2n) is 4.93. The summed E-state index contributed by atoms with van der Waals surface area (Å²) in [5.41, 5.74) is 1.46. The summed E-state index contributed by atoms with van der Waals surface area (Å²) in [6, 6.07) is 18.8. The van der Waals surface area contributed by atoms with Crippen LogP contribution in [0.15, 0.2) is 54.6 Å². The molecule has 3 rings (SSSR count). The zero-order valence-electron chi connectivity index (χ0n) is 11.5. The van der Waals surface area contributed by atoms with E-state index in [9.17, 15) is 9.59 Å². The van der Waals surface area contributed by atoms with Gasteiger partial charge >= 0.3 is 6.03 Å². The molecule has 2 amide bonds. The SMILES string of the molecule is O=C1CCN(C(=O)Nc2[c]cccc2)C1c1ccccc1. The fourth-order valence-corrected chi connectivity index (χ4v) is 2.55. The van der Waals surface area contributed by atoms with E-state index < -0.39 is 6.04 Å². The highest BCUT2D eigenvalue weighted by Crippen LogP contribution is 2.29. The number of benzene rings is 2. The molecule has 4 heteroatoms. The van der Waals surface area contributed by atoms with E-state index in [1.807, 2.05) is 42.5 Å². The maximum atomic E-state index is 12.4. The Bertz CT molecular complexity index is 640. The van der Waals surface area contributed by atoms with E-state index in [4.69, 9.17) is 0 Å². The van der Waals surface area contributed by atoms with Crippen LogP contribution in [-0.2, 0) is 4.79 Å². The molecule has 2 aromatic carbocycles. The van der Waals surface area contributed by atoms with Crippen molar-refractivity contribution in [3.05, 3.63) is 66.2 Å². The van der Waals surface area contributed by atoms with Gasteiger partial charge in [-0.1, -0.05) is 48.5 Å². The molecular formula is C17H15N2O2. The summed E-state index contributed by atoms with van der Waals surface area (Å²) < 4.78 is 0. The molecule has 1 fully saturated rings. The molecule has 1 radical (unpaired) electrons. The molecule has 21 heavy (non-hydrogen) atoms. The lowest BCUT2D eigenvalue weighted by Crippen LogP contribution is -2.35. The summed E-state index contributed by atoms with van der Waals surface area (Å²) in [5, 5.41) is 2.78. The average Bonchev–Trinajstić information content (AvgIpc) is 2.91. The summed E-state index contributed by atoms with van der Waals surface area (Å²) in [4.78, 5) is 26.1. The highest BCUT2D eigenvalue weighted by atomic mass is 16.2. The maximum absolute atomic E-state index is 12.4. The number of likely N-dealkylation sites (tertiary alicyclic amines) is 1. The maximum Gasteiger partial charge on any atom is 0.322 e. The van der Waals surface area contributed by atoms with E-state index in [0.717, 1.165) is 5.56 Å². The van der Waals surface area contributed by atoms with Gasteiger partial charge in [-0.3, -0.25) is 4.79 Å². The van der Waals surface area contributed by atoms with Crippen LogP contribution in [0.1, 0.15) is 18.0 Å². The Hall–Kier alpha value is -2.62. The smallest absolute Gasteiger partial charge is 0.310 e. The largest absolute Gasteiger partial charge is 0.322 e. The number of carbonyl (C=O) groups is 2. The number of hydrogen-bond acceptors (Lipinski definition) is 2. The molecule has 4 nitrogen and oxygen atoms in total. The second-order valence-corrected chi connectivity index (χ2v) is 4.93. The van der Waals surface area contributed by atoms with Crippen molar-refractivity contribution in [2.24, 2.45) is 0 Å². The number of rotatable bonds is 2. The van der Waals surface area contributed by atoms with Crippen LogP contribution >= 0.6 is 0 Å². The fraction of sp³-hybridized carbons (Fsp3) is 0.176. The minimum Gasteiger partial charge on any atom is -0.310 e. The van der Waals surface area contributed by atoms with Gasteiger partial charge in [0.15, 0.2) is 5.78 Å². The Kier molecular flexibility index (Phi) is 3.69. The predicted molar refractivity (Wildman–Crippen MR) is 79.8 cm³/mol. The van der Waals surface area contributed by atoms with Crippen molar-refractivity contribution in [3.8, 4) is 0 Å². The van der Waals surface area contributed by atoms with Gasteiger partial charge < -0.3 is 10.2 Å². The van der Waals surface area contributed by atoms with Crippen molar-refractivity contribution in [1.82, 2.24) is 4.90 Å². The van der Waals surface area contributed by atoms with Crippen LogP contribution < -0.4 is 5.32 Å². The van der Waals surface area contributed by atoms with E-state index in [0.29, 0.717) is 18.7 Å². The highest BCUT2D eigenvalue weighted by molar-refractivity contribution is 5.97. The van der Waals surface area contributed by atoms with Gasteiger partial charge in [-0.05, 0) is 11.6 Å². The van der Waals surface area contributed by atoms with Gasteiger partial charge in [-0.15, -0.1) is 0 Å². The number of anilines is 1. The highest BCUT2D eigenvalue weighted by Gasteiger charge is 2.36. The quantitative estimate of drug-likeness (QED) is 0.918. The molecule has 1 atom stereocenters. The normalized spacial score (nSPS) is 17.8. The molecule has 105 valence electrons. The first kappa shape index (κ1) is 13.4. The van der Waals surface area contributed by atoms with Crippen molar-refractivity contribution in [2.75, 3.05) is 11.9 Å². The third-order valence-electron chi connectivity index (χ3n) is 3.54. The summed E-state index contributed by atoms with van der Waals surface area (Å²) in [7, 11) is 0. The van der Waals surface area contributed by atoms with E-state index >= 15 is 0 Å². The Morgan fingerprint density at radius 1 is 1.14 bits per heavy atom. The monoisotopic (exact) mass is 279 g/mol. The van der Waals surface area contributed by atoms with Gasteiger partial charge in [0, 0.05) is 19.0 Å². The van der Waals surface area contributed by atoms with Gasteiger partial charge in [0.1, 0.15) is 6.04 Å². The molecule has 0 aromatic heterocycles. The van der Waals surface area contributed by atoms with Crippen molar-refractivity contribution in [1.29, 1.82) is 0 Å². The standard InChI is InChI=1S/C17H15N2O2/c20-15-11-12-19(16(15)13-7-3-1-4-8-13)17(21)18-14-9-5-2-6-10-14/h1-9,16H,11-12H2,(H,18,21). The van der Waals surface area contributed by atoms with Crippen LogP contribution in [-0.4, -0.2) is 23.3 Å². The molecule has 2 aromatic rings. The molecule has 1 aliphatic rings. The number of hydrogen-bond donors (Lipinski definition) is 1. The topological polar surface area (TPSA) is 49.4 Å². The van der Waals surface area contributed by atoms with Gasteiger partial charge in [0.25, 0.3) is 0 Å². The summed E-state index contributed by atoms with van der Waals surface area (Å²) in [5.74, 6) is 0.0772. The Morgan fingerprint density at radius 3 is 2.62 bits per heavy atom. The number of amides is 2. The van der Waals surface area contributed by atoms with Gasteiger partial charge in [-0.2, -0.15) is 0 Å². The molecule has 0 saturated carbocycles. The van der Waals surface area contributed by atoms with E-state index in [-0.39, 0.29) is 11.8 Å². The zero-order valence-corrected chi connectivity index (χ0v) is 11.5. The molecule has 1 unspecified atom stereocenters. The van der Waals surface area contributed by atoms with Crippen molar-refractivity contribution in [3.63, 3.8) is 0 Å². The molecule has 1 aliphatic heterocycles. The van der Waals surface area contributed by atoms with Gasteiger partial charge in [0.2, 0.25) is 0 Å². The second kappa shape index (κ2) is 5.79. The molecule has 0 bridgehead atoms. The van der Waals surface area contributed by atoms with E-state index in [2.05, 4.69) is 11.4 Å². The molecule has 1 N–H and O–H groups in total. The number of Topliss-reactive ketones (excluding diaryl/α,β-unsaturated/α-hetero) is 1. The minimum absolute atomic E-state index is 0.0772. The predicted octanol–water partition coefficient (Wildman–Crippen LogP) is 3.03. The average molecular weight is 279 g/mol. The number of urea groups is 1. The van der Waals surface area contributed by atoms with Crippen LogP contribution in [0.25, 0.3) is 0 Å². The first-order chi connectivity index (χ1) is 10.3. The Morgan fingerprint density at radius 2 is 1.90 bits per heavy atom. The number of ketones is 1.